The van der Waals surface area contributed by atoms with Crippen LogP contribution in [-0.2, 0) is 0 Å². The van der Waals surface area contributed by atoms with Crippen molar-refractivity contribution >= 4 is 0 Å². The van der Waals surface area contributed by atoms with E-state index >= 15 is 0 Å². The number of nitrogens with zero attached hydrogens (tertiary/aromatic N) is 1. The molecule has 2 fully saturated rings. The highest BCUT2D eigenvalue weighted by molar-refractivity contribution is 4.95. The van der Waals surface area contributed by atoms with Gasteiger partial charge in [-0.2, -0.15) is 0 Å². The summed E-state index contributed by atoms with van der Waals surface area (Å²) in [6.45, 7) is 8.91. The van der Waals surface area contributed by atoms with Crippen LogP contribution in [0.5, 0.6) is 0 Å². The van der Waals surface area contributed by atoms with Gasteiger partial charge in [-0.15, -0.1) is 0 Å². The topological polar surface area (TPSA) is 15.3 Å². The van der Waals surface area contributed by atoms with E-state index < -0.39 is 0 Å². The van der Waals surface area contributed by atoms with Crippen molar-refractivity contribution in [3.63, 3.8) is 0 Å². The highest BCUT2D eigenvalue weighted by atomic mass is 15.1. The molecule has 1 heterocycles. The Morgan fingerprint density at radius 2 is 1.64 bits per heavy atom. The fourth-order valence-corrected chi connectivity index (χ4v) is 1.98. The predicted molar refractivity (Wildman–Crippen MR) is 62.6 cm³/mol. The van der Waals surface area contributed by atoms with E-state index in [1.165, 1.54) is 38.8 Å². The van der Waals surface area contributed by atoms with Crippen LogP contribution in [0, 0.1) is 0 Å². The van der Waals surface area contributed by atoms with Gasteiger partial charge in [0, 0.05) is 11.6 Å². The fourth-order valence-electron chi connectivity index (χ4n) is 1.98. The number of likely N-dealkylation sites (tertiary alicyclic amines) is 1. The molecule has 0 atom stereocenters. The highest BCUT2D eigenvalue weighted by Crippen LogP contribution is 2.28. The lowest BCUT2D eigenvalue weighted by Crippen LogP contribution is -2.51. The van der Waals surface area contributed by atoms with Crippen molar-refractivity contribution in [2.45, 2.75) is 58.0 Å². The summed E-state index contributed by atoms with van der Waals surface area (Å²) in [4.78, 5) is 2.43. The Kier molecular flexibility index (Phi) is 4.39. The Morgan fingerprint density at radius 3 is 2.07 bits per heavy atom. The van der Waals surface area contributed by atoms with Gasteiger partial charge in [-0.25, -0.2) is 0 Å². The van der Waals surface area contributed by atoms with E-state index in [4.69, 9.17) is 0 Å². The van der Waals surface area contributed by atoms with Crippen molar-refractivity contribution in [2.24, 2.45) is 0 Å². The SMILES string of the molecule is CC.CN1CCC(C)(NC2CC2)CC1. The summed E-state index contributed by atoms with van der Waals surface area (Å²) in [5, 5.41) is 3.76. The molecule has 1 saturated carbocycles. The lowest BCUT2D eigenvalue weighted by atomic mass is 9.90. The van der Waals surface area contributed by atoms with Crippen LogP contribution in [0.1, 0.15) is 46.5 Å². The molecule has 84 valence electrons. The van der Waals surface area contributed by atoms with Gasteiger partial charge in [0.05, 0.1) is 0 Å². The van der Waals surface area contributed by atoms with E-state index in [0.29, 0.717) is 5.54 Å². The third-order valence-electron chi connectivity index (χ3n) is 3.22. The van der Waals surface area contributed by atoms with E-state index in [0.717, 1.165) is 6.04 Å². The molecular weight excluding hydrogens is 172 g/mol. The van der Waals surface area contributed by atoms with Crippen molar-refractivity contribution < 1.29 is 0 Å². The number of nitrogens with one attached hydrogen (secondary N) is 1. The second-order valence-electron chi connectivity index (χ2n) is 4.78. The van der Waals surface area contributed by atoms with Crippen molar-refractivity contribution in [2.75, 3.05) is 20.1 Å². The van der Waals surface area contributed by atoms with Crippen molar-refractivity contribution in [3.8, 4) is 0 Å². The minimum atomic E-state index is 0.452. The summed E-state index contributed by atoms with van der Waals surface area (Å²) in [5.74, 6) is 0. The first-order valence-corrected chi connectivity index (χ1v) is 6.14. The Bertz CT molecular complexity index is 156. The molecule has 0 spiro atoms. The molecule has 0 unspecified atom stereocenters. The van der Waals surface area contributed by atoms with E-state index in [-0.39, 0.29) is 0 Å². The number of piperidine rings is 1. The maximum absolute atomic E-state index is 3.76. The molecule has 1 aliphatic heterocycles. The second-order valence-corrected chi connectivity index (χ2v) is 4.78. The first kappa shape index (κ1) is 12.0. The van der Waals surface area contributed by atoms with Crippen LogP contribution in [-0.4, -0.2) is 36.6 Å². The Hall–Kier alpha value is -0.0800. The number of hydrogen-bond donors (Lipinski definition) is 1. The van der Waals surface area contributed by atoms with Crippen LogP contribution in [0.25, 0.3) is 0 Å². The zero-order valence-corrected chi connectivity index (χ0v) is 10.3. The van der Waals surface area contributed by atoms with Crippen LogP contribution >= 0.6 is 0 Å². The largest absolute Gasteiger partial charge is 0.309 e. The molecule has 2 heteroatoms. The molecule has 0 aromatic rings. The molecule has 1 N–H and O–H groups in total. The van der Waals surface area contributed by atoms with Gasteiger partial charge in [0.15, 0.2) is 0 Å². The predicted octanol–water partition coefficient (Wildman–Crippen LogP) is 2.25. The molecule has 0 aromatic carbocycles. The van der Waals surface area contributed by atoms with E-state index in [2.05, 4.69) is 24.2 Å². The monoisotopic (exact) mass is 198 g/mol. The van der Waals surface area contributed by atoms with Crippen LogP contribution in [0.3, 0.4) is 0 Å². The molecular formula is C12H26N2. The summed E-state index contributed by atoms with van der Waals surface area (Å²) in [6.07, 6.45) is 5.46. The van der Waals surface area contributed by atoms with E-state index in [1.54, 1.807) is 0 Å². The summed E-state index contributed by atoms with van der Waals surface area (Å²) in [5.41, 5.74) is 0.452. The van der Waals surface area contributed by atoms with Crippen LogP contribution in [0.15, 0.2) is 0 Å². The minimum absolute atomic E-state index is 0.452. The maximum atomic E-state index is 3.76. The average Bonchev–Trinajstić information content (AvgIpc) is 2.98. The summed E-state index contributed by atoms with van der Waals surface area (Å²) < 4.78 is 0. The van der Waals surface area contributed by atoms with Gasteiger partial charge >= 0.3 is 0 Å². The zero-order chi connectivity index (χ0) is 10.6. The Labute approximate surface area is 89.1 Å². The van der Waals surface area contributed by atoms with Gasteiger partial charge in [-0.05, 0) is 52.7 Å². The molecule has 2 rings (SSSR count). The summed E-state index contributed by atoms with van der Waals surface area (Å²) in [7, 11) is 2.22. The number of hydrogen-bond acceptors (Lipinski definition) is 2. The van der Waals surface area contributed by atoms with Gasteiger partial charge in [0.1, 0.15) is 0 Å². The van der Waals surface area contributed by atoms with Crippen molar-refractivity contribution in [1.29, 1.82) is 0 Å². The summed E-state index contributed by atoms with van der Waals surface area (Å²) in [6, 6.07) is 0.860. The molecule has 0 bridgehead atoms. The first-order valence-electron chi connectivity index (χ1n) is 6.14. The molecule has 1 saturated heterocycles. The van der Waals surface area contributed by atoms with Gasteiger partial charge in [-0.3, -0.25) is 0 Å². The molecule has 1 aliphatic carbocycles. The smallest absolute Gasteiger partial charge is 0.0180 e. The molecule has 2 aliphatic rings. The molecule has 0 amide bonds. The quantitative estimate of drug-likeness (QED) is 0.732. The van der Waals surface area contributed by atoms with E-state index in [1.807, 2.05) is 13.8 Å². The van der Waals surface area contributed by atoms with Gasteiger partial charge in [0.2, 0.25) is 0 Å². The van der Waals surface area contributed by atoms with Crippen LogP contribution < -0.4 is 5.32 Å². The molecule has 2 nitrogen and oxygen atoms in total. The average molecular weight is 198 g/mol. The van der Waals surface area contributed by atoms with Gasteiger partial charge in [0.25, 0.3) is 0 Å². The van der Waals surface area contributed by atoms with Crippen molar-refractivity contribution in [1.82, 2.24) is 10.2 Å². The normalized spacial score (nSPS) is 26.6. The molecule has 0 aromatic heterocycles. The maximum Gasteiger partial charge on any atom is 0.0180 e. The Morgan fingerprint density at radius 1 is 1.14 bits per heavy atom. The third-order valence-corrected chi connectivity index (χ3v) is 3.22. The lowest BCUT2D eigenvalue weighted by Gasteiger charge is -2.38. The zero-order valence-electron chi connectivity index (χ0n) is 10.3. The van der Waals surface area contributed by atoms with Gasteiger partial charge in [-0.1, -0.05) is 13.8 Å². The van der Waals surface area contributed by atoms with Crippen LogP contribution in [0.2, 0.25) is 0 Å². The van der Waals surface area contributed by atoms with E-state index in [9.17, 15) is 0 Å². The standard InChI is InChI=1S/C10H20N2.C2H6/c1-10(11-9-3-4-9)5-7-12(2)8-6-10;1-2/h9,11H,3-8H2,1-2H3;1-2H3. The van der Waals surface area contributed by atoms with Crippen LogP contribution in [0.4, 0.5) is 0 Å². The highest BCUT2D eigenvalue weighted by Gasteiger charge is 2.34. The molecule has 14 heavy (non-hydrogen) atoms. The molecule has 0 radical (unpaired) electrons. The first-order chi connectivity index (χ1) is 6.68. The minimum Gasteiger partial charge on any atom is -0.309 e. The second kappa shape index (κ2) is 5.13. The third kappa shape index (κ3) is 3.58. The van der Waals surface area contributed by atoms with Gasteiger partial charge < -0.3 is 10.2 Å². The lowest BCUT2D eigenvalue weighted by molar-refractivity contribution is 0.169. The fraction of sp³-hybridized carbons (Fsp3) is 1.00. The summed E-state index contributed by atoms with van der Waals surface area (Å²) >= 11 is 0. The Balaban J connectivity index is 0.000000461. The van der Waals surface area contributed by atoms with Crippen molar-refractivity contribution in [3.05, 3.63) is 0 Å². The number of rotatable bonds is 2.